The molecule has 106 valence electrons. The van der Waals surface area contributed by atoms with Gasteiger partial charge in [-0.05, 0) is 31.0 Å². The van der Waals surface area contributed by atoms with Gasteiger partial charge in [-0.1, -0.05) is 24.4 Å². The van der Waals surface area contributed by atoms with E-state index in [1.165, 1.54) is 25.7 Å². The monoisotopic (exact) mass is 283 g/mol. The molecule has 0 unspecified atom stereocenters. The average Bonchev–Trinajstić information content (AvgIpc) is 2.92. The van der Waals surface area contributed by atoms with E-state index < -0.39 is 0 Å². The summed E-state index contributed by atoms with van der Waals surface area (Å²) in [5.74, 6) is 0.869. The van der Waals surface area contributed by atoms with E-state index in [2.05, 4.69) is 5.32 Å². The number of rotatable bonds is 7. The number of halogens is 1. The SMILES string of the molecule is COc1ccc(Cl)cc1CNCCOC1CCCC1. The highest BCUT2D eigenvalue weighted by Crippen LogP contribution is 2.22. The van der Waals surface area contributed by atoms with Crippen LogP contribution in [0.4, 0.5) is 0 Å². The van der Waals surface area contributed by atoms with E-state index in [-0.39, 0.29) is 0 Å². The van der Waals surface area contributed by atoms with Crippen LogP contribution in [0.5, 0.6) is 5.75 Å². The Bertz CT molecular complexity index is 392. The molecule has 1 aliphatic rings. The molecule has 0 heterocycles. The molecule has 0 bridgehead atoms. The van der Waals surface area contributed by atoms with E-state index in [1.807, 2.05) is 18.2 Å². The van der Waals surface area contributed by atoms with Crippen LogP contribution in [0, 0.1) is 0 Å². The molecule has 0 radical (unpaired) electrons. The highest BCUT2D eigenvalue weighted by atomic mass is 35.5. The first-order valence-corrected chi connectivity index (χ1v) is 7.32. The molecule has 19 heavy (non-hydrogen) atoms. The van der Waals surface area contributed by atoms with Gasteiger partial charge in [0.05, 0.1) is 19.8 Å². The number of benzene rings is 1. The summed E-state index contributed by atoms with van der Waals surface area (Å²) >= 11 is 5.99. The van der Waals surface area contributed by atoms with Crippen LogP contribution in [0.2, 0.25) is 5.02 Å². The molecule has 0 spiro atoms. The zero-order valence-corrected chi connectivity index (χ0v) is 12.2. The molecule has 0 aliphatic heterocycles. The van der Waals surface area contributed by atoms with Crippen LogP contribution >= 0.6 is 11.6 Å². The van der Waals surface area contributed by atoms with Crippen molar-refractivity contribution in [3.8, 4) is 5.75 Å². The number of methoxy groups -OCH3 is 1. The molecular formula is C15H22ClNO2. The van der Waals surface area contributed by atoms with E-state index in [0.29, 0.717) is 6.10 Å². The molecule has 1 aromatic rings. The first-order chi connectivity index (χ1) is 9.29. The minimum absolute atomic E-state index is 0.488. The minimum atomic E-state index is 0.488. The minimum Gasteiger partial charge on any atom is -0.496 e. The second kappa shape index (κ2) is 7.73. The maximum absolute atomic E-state index is 5.99. The molecule has 3 nitrogen and oxygen atoms in total. The van der Waals surface area contributed by atoms with Gasteiger partial charge in [0.1, 0.15) is 5.75 Å². The fraction of sp³-hybridized carbons (Fsp3) is 0.600. The van der Waals surface area contributed by atoms with Crippen LogP contribution in [0.25, 0.3) is 0 Å². The summed E-state index contributed by atoms with van der Waals surface area (Å²) in [6, 6.07) is 5.67. The van der Waals surface area contributed by atoms with Crippen LogP contribution in [0.15, 0.2) is 18.2 Å². The van der Waals surface area contributed by atoms with E-state index >= 15 is 0 Å². The van der Waals surface area contributed by atoms with Gasteiger partial charge in [-0.3, -0.25) is 0 Å². The smallest absolute Gasteiger partial charge is 0.123 e. The third kappa shape index (κ3) is 4.68. The summed E-state index contributed by atoms with van der Waals surface area (Å²) in [4.78, 5) is 0. The Hall–Kier alpha value is -0.770. The van der Waals surface area contributed by atoms with Crippen molar-refractivity contribution in [3.63, 3.8) is 0 Å². The fourth-order valence-electron chi connectivity index (χ4n) is 2.46. The number of hydrogen-bond donors (Lipinski definition) is 1. The van der Waals surface area contributed by atoms with Gasteiger partial charge in [0.25, 0.3) is 0 Å². The molecule has 2 rings (SSSR count). The Kier molecular flexibility index (Phi) is 5.95. The summed E-state index contributed by atoms with van der Waals surface area (Å²) in [7, 11) is 1.68. The molecule has 0 atom stereocenters. The van der Waals surface area contributed by atoms with Crippen molar-refractivity contribution in [2.75, 3.05) is 20.3 Å². The molecule has 1 aliphatic carbocycles. The van der Waals surface area contributed by atoms with E-state index in [4.69, 9.17) is 21.1 Å². The van der Waals surface area contributed by atoms with Crippen molar-refractivity contribution >= 4 is 11.6 Å². The Morgan fingerprint density at radius 2 is 2.11 bits per heavy atom. The first kappa shape index (κ1) is 14.6. The van der Waals surface area contributed by atoms with Gasteiger partial charge in [-0.25, -0.2) is 0 Å². The van der Waals surface area contributed by atoms with Crippen molar-refractivity contribution in [3.05, 3.63) is 28.8 Å². The Morgan fingerprint density at radius 3 is 2.84 bits per heavy atom. The Morgan fingerprint density at radius 1 is 1.32 bits per heavy atom. The average molecular weight is 284 g/mol. The lowest BCUT2D eigenvalue weighted by atomic mass is 10.2. The maximum Gasteiger partial charge on any atom is 0.123 e. The van der Waals surface area contributed by atoms with E-state index in [1.54, 1.807) is 7.11 Å². The zero-order chi connectivity index (χ0) is 13.5. The van der Waals surface area contributed by atoms with E-state index in [0.717, 1.165) is 36.0 Å². The lowest BCUT2D eigenvalue weighted by Crippen LogP contribution is -2.22. The third-order valence-electron chi connectivity index (χ3n) is 3.49. The predicted octanol–water partition coefficient (Wildman–Crippen LogP) is 3.40. The molecule has 4 heteroatoms. The maximum atomic E-state index is 5.99. The number of hydrogen-bond acceptors (Lipinski definition) is 3. The second-order valence-corrected chi connectivity index (χ2v) is 5.35. The van der Waals surface area contributed by atoms with Gasteiger partial charge in [0.2, 0.25) is 0 Å². The normalized spacial score (nSPS) is 15.9. The van der Waals surface area contributed by atoms with Crippen LogP contribution < -0.4 is 10.1 Å². The Balaban J connectivity index is 1.68. The molecule has 0 amide bonds. The lowest BCUT2D eigenvalue weighted by molar-refractivity contribution is 0.0602. The topological polar surface area (TPSA) is 30.5 Å². The standard InChI is InChI=1S/C15H22ClNO2/c1-18-15-7-6-13(16)10-12(15)11-17-8-9-19-14-4-2-3-5-14/h6-7,10,14,17H,2-5,8-9,11H2,1H3. The summed E-state index contributed by atoms with van der Waals surface area (Å²) in [6.45, 7) is 2.37. The quantitative estimate of drug-likeness (QED) is 0.778. The molecule has 1 N–H and O–H groups in total. The fourth-order valence-corrected chi connectivity index (χ4v) is 2.66. The van der Waals surface area contributed by atoms with Gasteiger partial charge in [0, 0.05) is 23.7 Å². The van der Waals surface area contributed by atoms with Gasteiger partial charge in [-0.2, -0.15) is 0 Å². The highest BCUT2D eigenvalue weighted by molar-refractivity contribution is 6.30. The predicted molar refractivity (Wildman–Crippen MR) is 77.9 cm³/mol. The number of nitrogens with one attached hydrogen (secondary N) is 1. The van der Waals surface area contributed by atoms with Crippen LogP contribution in [0.3, 0.4) is 0 Å². The summed E-state index contributed by atoms with van der Waals surface area (Å²) in [6.07, 6.45) is 5.57. The van der Waals surface area contributed by atoms with Crippen molar-refractivity contribution < 1.29 is 9.47 Å². The van der Waals surface area contributed by atoms with Crippen LogP contribution in [-0.4, -0.2) is 26.4 Å². The van der Waals surface area contributed by atoms with Crippen molar-refractivity contribution in [2.45, 2.75) is 38.3 Å². The van der Waals surface area contributed by atoms with Crippen molar-refractivity contribution in [1.29, 1.82) is 0 Å². The Labute approximate surface area is 120 Å². The molecule has 1 aromatic carbocycles. The van der Waals surface area contributed by atoms with Crippen molar-refractivity contribution in [2.24, 2.45) is 0 Å². The van der Waals surface area contributed by atoms with E-state index in [9.17, 15) is 0 Å². The summed E-state index contributed by atoms with van der Waals surface area (Å²) < 4.78 is 11.1. The molecule has 1 saturated carbocycles. The third-order valence-corrected chi connectivity index (χ3v) is 3.73. The summed E-state index contributed by atoms with van der Waals surface area (Å²) in [5.41, 5.74) is 1.08. The molecule has 1 fully saturated rings. The van der Waals surface area contributed by atoms with Gasteiger partial charge >= 0.3 is 0 Å². The van der Waals surface area contributed by atoms with Crippen LogP contribution in [0.1, 0.15) is 31.2 Å². The number of ether oxygens (including phenoxy) is 2. The first-order valence-electron chi connectivity index (χ1n) is 6.94. The molecule has 0 aromatic heterocycles. The lowest BCUT2D eigenvalue weighted by Gasteiger charge is -2.13. The van der Waals surface area contributed by atoms with Gasteiger partial charge in [0.15, 0.2) is 0 Å². The molecule has 0 saturated heterocycles. The van der Waals surface area contributed by atoms with Gasteiger partial charge in [-0.15, -0.1) is 0 Å². The summed E-state index contributed by atoms with van der Waals surface area (Å²) in [5, 5.41) is 4.10. The van der Waals surface area contributed by atoms with Crippen LogP contribution in [-0.2, 0) is 11.3 Å². The zero-order valence-electron chi connectivity index (χ0n) is 11.5. The second-order valence-electron chi connectivity index (χ2n) is 4.91. The molecular weight excluding hydrogens is 262 g/mol. The highest BCUT2D eigenvalue weighted by Gasteiger charge is 2.14. The largest absolute Gasteiger partial charge is 0.496 e. The van der Waals surface area contributed by atoms with Crippen molar-refractivity contribution in [1.82, 2.24) is 5.32 Å². The van der Waals surface area contributed by atoms with Gasteiger partial charge < -0.3 is 14.8 Å².